The standard InChI is InChI=1S/C11H11FN2O3/c12-9-6-7(4-5-10(9)14(16)17)11(15)13-8-2-1-3-8/h4-6,8H,1-3H2,(H,13,15). The number of halogens is 1. The maximum atomic E-state index is 13.3. The summed E-state index contributed by atoms with van der Waals surface area (Å²) in [5.74, 6) is -1.38. The molecule has 0 bridgehead atoms. The zero-order chi connectivity index (χ0) is 12.4. The summed E-state index contributed by atoms with van der Waals surface area (Å²) in [7, 11) is 0. The molecule has 1 aliphatic carbocycles. The van der Waals surface area contributed by atoms with E-state index in [0.29, 0.717) is 0 Å². The molecule has 0 heterocycles. The summed E-state index contributed by atoms with van der Waals surface area (Å²) in [6.45, 7) is 0. The van der Waals surface area contributed by atoms with Crippen LogP contribution >= 0.6 is 0 Å². The predicted molar refractivity (Wildman–Crippen MR) is 58.2 cm³/mol. The highest BCUT2D eigenvalue weighted by molar-refractivity contribution is 5.94. The van der Waals surface area contributed by atoms with Crippen LogP contribution in [0.25, 0.3) is 0 Å². The number of hydrogen-bond donors (Lipinski definition) is 1. The molecule has 1 amide bonds. The molecule has 0 spiro atoms. The van der Waals surface area contributed by atoms with Crippen molar-refractivity contribution in [2.75, 3.05) is 0 Å². The number of carbonyl (C=O) groups is 1. The van der Waals surface area contributed by atoms with E-state index in [1.54, 1.807) is 0 Å². The van der Waals surface area contributed by atoms with Crippen LogP contribution in [0.15, 0.2) is 18.2 Å². The maximum Gasteiger partial charge on any atom is 0.304 e. The van der Waals surface area contributed by atoms with Crippen molar-refractivity contribution in [1.82, 2.24) is 5.32 Å². The lowest BCUT2D eigenvalue weighted by Gasteiger charge is -2.26. The Kier molecular flexibility index (Phi) is 3.03. The van der Waals surface area contributed by atoms with Gasteiger partial charge in [-0.25, -0.2) is 0 Å². The topological polar surface area (TPSA) is 72.2 Å². The number of nitrogens with one attached hydrogen (secondary N) is 1. The SMILES string of the molecule is O=C(NC1CCC1)c1ccc([N+](=O)[O-])c(F)c1. The molecule has 90 valence electrons. The Morgan fingerprint density at radius 2 is 2.18 bits per heavy atom. The van der Waals surface area contributed by atoms with Crippen LogP contribution in [0.4, 0.5) is 10.1 Å². The minimum Gasteiger partial charge on any atom is -0.349 e. The Bertz CT molecular complexity index is 472. The van der Waals surface area contributed by atoms with Gasteiger partial charge in [-0.2, -0.15) is 4.39 Å². The van der Waals surface area contributed by atoms with Gasteiger partial charge in [0.2, 0.25) is 5.82 Å². The maximum absolute atomic E-state index is 13.3. The third-order valence-corrected chi connectivity index (χ3v) is 2.85. The molecule has 0 aliphatic heterocycles. The average molecular weight is 238 g/mol. The molecule has 0 atom stereocenters. The average Bonchev–Trinajstić information content (AvgIpc) is 2.22. The summed E-state index contributed by atoms with van der Waals surface area (Å²) in [4.78, 5) is 21.2. The zero-order valence-electron chi connectivity index (χ0n) is 8.98. The molecule has 1 fully saturated rings. The van der Waals surface area contributed by atoms with Crippen LogP contribution in [0.1, 0.15) is 29.6 Å². The molecule has 17 heavy (non-hydrogen) atoms. The van der Waals surface area contributed by atoms with Gasteiger partial charge in [-0.1, -0.05) is 0 Å². The lowest BCUT2D eigenvalue weighted by Crippen LogP contribution is -2.39. The van der Waals surface area contributed by atoms with Crippen molar-refractivity contribution in [3.8, 4) is 0 Å². The molecule has 1 saturated carbocycles. The van der Waals surface area contributed by atoms with Crippen LogP contribution in [-0.2, 0) is 0 Å². The fourth-order valence-electron chi connectivity index (χ4n) is 1.62. The largest absolute Gasteiger partial charge is 0.349 e. The van der Waals surface area contributed by atoms with Crippen molar-refractivity contribution in [2.24, 2.45) is 0 Å². The van der Waals surface area contributed by atoms with Crippen molar-refractivity contribution < 1.29 is 14.1 Å². The molecule has 1 aliphatic rings. The van der Waals surface area contributed by atoms with Crippen LogP contribution in [0.3, 0.4) is 0 Å². The van der Waals surface area contributed by atoms with Crippen molar-refractivity contribution in [3.05, 3.63) is 39.7 Å². The molecular formula is C11H11FN2O3. The van der Waals surface area contributed by atoms with E-state index < -0.39 is 16.4 Å². The molecule has 0 saturated heterocycles. The Morgan fingerprint density at radius 3 is 2.65 bits per heavy atom. The first kappa shape index (κ1) is 11.5. The smallest absolute Gasteiger partial charge is 0.304 e. The van der Waals surface area contributed by atoms with Gasteiger partial charge in [0, 0.05) is 17.7 Å². The summed E-state index contributed by atoms with van der Waals surface area (Å²) in [5, 5.41) is 13.1. The molecule has 2 rings (SSSR count). The first-order valence-corrected chi connectivity index (χ1v) is 5.33. The number of nitro groups is 1. The van der Waals surface area contributed by atoms with E-state index in [1.165, 1.54) is 6.07 Å². The Hall–Kier alpha value is -1.98. The first-order chi connectivity index (χ1) is 8.08. The van der Waals surface area contributed by atoms with E-state index in [2.05, 4.69) is 5.32 Å². The molecule has 1 aromatic rings. The van der Waals surface area contributed by atoms with Gasteiger partial charge in [0.15, 0.2) is 0 Å². The second kappa shape index (κ2) is 4.48. The molecule has 0 radical (unpaired) electrons. The highest BCUT2D eigenvalue weighted by Crippen LogP contribution is 2.20. The summed E-state index contributed by atoms with van der Waals surface area (Å²) >= 11 is 0. The van der Waals surface area contributed by atoms with Gasteiger partial charge in [0.05, 0.1) is 4.92 Å². The number of nitro benzene ring substituents is 1. The van der Waals surface area contributed by atoms with Gasteiger partial charge >= 0.3 is 5.69 Å². The second-order valence-electron chi connectivity index (χ2n) is 4.02. The number of hydrogen-bond acceptors (Lipinski definition) is 3. The summed E-state index contributed by atoms with van der Waals surface area (Å²) in [6, 6.07) is 3.31. The summed E-state index contributed by atoms with van der Waals surface area (Å²) in [6.07, 6.45) is 2.95. The van der Waals surface area contributed by atoms with Crippen LogP contribution < -0.4 is 5.32 Å². The van der Waals surface area contributed by atoms with Crippen LogP contribution in [0, 0.1) is 15.9 Å². The first-order valence-electron chi connectivity index (χ1n) is 5.33. The monoisotopic (exact) mass is 238 g/mol. The fraction of sp³-hybridized carbons (Fsp3) is 0.364. The van der Waals surface area contributed by atoms with Crippen molar-refractivity contribution in [1.29, 1.82) is 0 Å². The Balaban J connectivity index is 2.13. The van der Waals surface area contributed by atoms with Crippen molar-refractivity contribution in [3.63, 3.8) is 0 Å². The number of rotatable bonds is 3. The van der Waals surface area contributed by atoms with E-state index in [1.807, 2.05) is 0 Å². The quantitative estimate of drug-likeness (QED) is 0.646. The number of amides is 1. The fourth-order valence-corrected chi connectivity index (χ4v) is 1.62. The van der Waals surface area contributed by atoms with E-state index in [4.69, 9.17) is 0 Å². The van der Waals surface area contributed by atoms with Gasteiger partial charge in [0.25, 0.3) is 5.91 Å². The molecule has 5 nitrogen and oxygen atoms in total. The normalized spacial score (nSPS) is 15.1. The minimum absolute atomic E-state index is 0.111. The van der Waals surface area contributed by atoms with Crippen molar-refractivity contribution >= 4 is 11.6 Å². The second-order valence-corrected chi connectivity index (χ2v) is 4.02. The highest BCUT2D eigenvalue weighted by Gasteiger charge is 2.22. The molecule has 0 unspecified atom stereocenters. The van der Waals surface area contributed by atoms with Gasteiger partial charge in [0.1, 0.15) is 0 Å². The van der Waals surface area contributed by atoms with Gasteiger partial charge in [-0.05, 0) is 31.4 Å². The third kappa shape index (κ3) is 2.41. The van der Waals surface area contributed by atoms with Gasteiger partial charge < -0.3 is 5.32 Å². The minimum atomic E-state index is -0.990. The molecule has 6 heteroatoms. The van der Waals surface area contributed by atoms with E-state index >= 15 is 0 Å². The number of carbonyl (C=O) groups excluding carboxylic acids is 1. The molecule has 0 aromatic heterocycles. The van der Waals surface area contributed by atoms with Crippen molar-refractivity contribution in [2.45, 2.75) is 25.3 Å². The molecular weight excluding hydrogens is 227 g/mol. The van der Waals surface area contributed by atoms with E-state index in [0.717, 1.165) is 31.4 Å². The van der Waals surface area contributed by atoms with Crippen LogP contribution in [0.2, 0.25) is 0 Å². The van der Waals surface area contributed by atoms with Gasteiger partial charge in [-0.3, -0.25) is 14.9 Å². The lowest BCUT2D eigenvalue weighted by atomic mass is 9.93. The van der Waals surface area contributed by atoms with Crippen LogP contribution in [-0.4, -0.2) is 16.9 Å². The van der Waals surface area contributed by atoms with E-state index in [9.17, 15) is 19.3 Å². The van der Waals surface area contributed by atoms with Gasteiger partial charge in [-0.15, -0.1) is 0 Å². The highest BCUT2D eigenvalue weighted by atomic mass is 19.1. The van der Waals surface area contributed by atoms with E-state index in [-0.39, 0.29) is 17.5 Å². The Morgan fingerprint density at radius 1 is 1.47 bits per heavy atom. The Labute approximate surface area is 96.8 Å². The van der Waals surface area contributed by atoms with Crippen LogP contribution in [0.5, 0.6) is 0 Å². The predicted octanol–water partition coefficient (Wildman–Crippen LogP) is 2.02. The molecule has 1 aromatic carbocycles. The third-order valence-electron chi connectivity index (χ3n) is 2.85. The summed E-state index contributed by atoms with van der Waals surface area (Å²) in [5.41, 5.74) is -0.509. The number of benzene rings is 1. The molecule has 1 N–H and O–H groups in total. The zero-order valence-corrected chi connectivity index (χ0v) is 8.98. The summed E-state index contributed by atoms with van der Waals surface area (Å²) < 4.78 is 13.3. The number of nitrogens with zero attached hydrogens (tertiary/aromatic N) is 1. The lowest BCUT2D eigenvalue weighted by molar-refractivity contribution is -0.387.